The van der Waals surface area contributed by atoms with Crippen molar-refractivity contribution in [2.24, 2.45) is 0 Å². The molecule has 0 radical (unpaired) electrons. The first-order valence-electron chi connectivity index (χ1n) is 8.15. The van der Waals surface area contributed by atoms with E-state index in [4.69, 9.17) is 5.26 Å². The fraction of sp³-hybridized carbons (Fsp3) is 0. The first-order chi connectivity index (χ1) is 13.2. The minimum absolute atomic E-state index is 0.343. The van der Waals surface area contributed by atoms with Gasteiger partial charge in [-0.25, -0.2) is 24.3 Å². The van der Waals surface area contributed by atoms with Crippen molar-refractivity contribution in [3.63, 3.8) is 0 Å². The summed E-state index contributed by atoms with van der Waals surface area (Å²) in [5, 5.41) is 9.13. The summed E-state index contributed by atoms with van der Waals surface area (Å²) in [6.45, 7) is 0. The van der Waals surface area contributed by atoms with Crippen LogP contribution in [0.5, 0.6) is 0 Å². The van der Waals surface area contributed by atoms with Gasteiger partial charge >= 0.3 is 5.69 Å². The molecule has 0 bridgehead atoms. The molecule has 27 heavy (non-hydrogen) atoms. The average Bonchev–Trinajstić information content (AvgIpc) is 3.27. The lowest BCUT2D eigenvalue weighted by molar-refractivity contribution is 0.995. The summed E-state index contributed by atoms with van der Waals surface area (Å²) in [4.78, 5) is 28.6. The smallest absolute Gasteiger partial charge is 0.303 e. The first-order valence-corrected chi connectivity index (χ1v) is 8.15. The Morgan fingerprint density at radius 3 is 2.89 bits per heavy atom. The van der Waals surface area contributed by atoms with Crippen LogP contribution in [0.25, 0.3) is 34.0 Å². The summed E-state index contributed by atoms with van der Waals surface area (Å²) in [5.74, 6) is 0.449. The van der Waals surface area contributed by atoms with Crippen molar-refractivity contribution in [3.8, 4) is 23.3 Å². The van der Waals surface area contributed by atoms with Crippen molar-refractivity contribution < 1.29 is 0 Å². The zero-order valence-electron chi connectivity index (χ0n) is 13.9. The number of hydrogen-bond acceptors (Lipinski definition) is 5. The molecule has 4 aromatic heterocycles. The Morgan fingerprint density at radius 1 is 1.07 bits per heavy atom. The second kappa shape index (κ2) is 5.64. The number of nitriles is 1. The van der Waals surface area contributed by atoms with Crippen molar-refractivity contribution in [2.45, 2.75) is 0 Å². The van der Waals surface area contributed by atoms with Gasteiger partial charge in [-0.1, -0.05) is 12.1 Å². The molecule has 0 aliphatic rings. The fourth-order valence-electron chi connectivity index (χ4n) is 3.07. The van der Waals surface area contributed by atoms with E-state index < -0.39 is 0 Å². The average molecular weight is 353 g/mol. The van der Waals surface area contributed by atoms with Crippen LogP contribution in [0.2, 0.25) is 0 Å². The van der Waals surface area contributed by atoms with E-state index in [2.05, 4.69) is 26.0 Å². The molecule has 128 valence electrons. The second-order valence-corrected chi connectivity index (χ2v) is 5.93. The Morgan fingerprint density at radius 2 is 2.00 bits per heavy atom. The number of fused-ring (bicyclic) bond motifs is 2. The SMILES string of the molecule is N#Cc1cccc(-n2c(=O)[nH]c3cnc(-c4cnc5ccccn45)nc32)c1. The van der Waals surface area contributed by atoms with Crippen molar-refractivity contribution in [3.05, 3.63) is 77.1 Å². The van der Waals surface area contributed by atoms with Gasteiger partial charge in [-0.2, -0.15) is 5.26 Å². The standard InChI is InChI=1S/C19H11N7O/c20-9-12-4-3-5-13(8-12)26-18-14(23-19(26)27)10-22-17(24-18)15-11-21-16-6-1-2-7-25(15)16/h1-8,10-11H,(H,23,27). The molecule has 0 spiro atoms. The molecule has 0 unspecified atom stereocenters. The van der Waals surface area contributed by atoms with Gasteiger partial charge in [0, 0.05) is 6.20 Å². The van der Waals surface area contributed by atoms with Gasteiger partial charge in [0.25, 0.3) is 0 Å². The van der Waals surface area contributed by atoms with Crippen molar-refractivity contribution in [1.29, 1.82) is 5.26 Å². The van der Waals surface area contributed by atoms with Crippen LogP contribution in [0.4, 0.5) is 0 Å². The molecule has 0 saturated carbocycles. The van der Waals surface area contributed by atoms with Crippen LogP contribution in [-0.2, 0) is 0 Å². The highest BCUT2D eigenvalue weighted by molar-refractivity contribution is 5.74. The number of pyridine rings is 1. The first kappa shape index (κ1) is 15.0. The predicted octanol–water partition coefficient (Wildman–Crippen LogP) is 2.30. The quantitative estimate of drug-likeness (QED) is 0.524. The Kier molecular flexibility index (Phi) is 3.14. The number of rotatable bonds is 2. The Balaban J connectivity index is 1.76. The van der Waals surface area contributed by atoms with Crippen LogP contribution < -0.4 is 5.69 Å². The van der Waals surface area contributed by atoms with Crippen molar-refractivity contribution in [1.82, 2.24) is 28.9 Å². The molecule has 1 aromatic carbocycles. The van der Waals surface area contributed by atoms with Gasteiger partial charge in [0.2, 0.25) is 0 Å². The van der Waals surface area contributed by atoms with E-state index in [1.807, 2.05) is 28.8 Å². The Bertz CT molecular complexity index is 1420. The van der Waals surface area contributed by atoms with E-state index in [-0.39, 0.29) is 5.69 Å². The molecule has 0 aliphatic heterocycles. The summed E-state index contributed by atoms with van der Waals surface area (Å²) in [5.41, 5.74) is 3.14. The van der Waals surface area contributed by atoms with E-state index in [1.54, 1.807) is 36.7 Å². The lowest BCUT2D eigenvalue weighted by Crippen LogP contribution is -2.15. The van der Waals surface area contributed by atoms with Gasteiger partial charge in [0.05, 0.1) is 29.7 Å². The van der Waals surface area contributed by atoms with Gasteiger partial charge < -0.3 is 4.98 Å². The zero-order valence-corrected chi connectivity index (χ0v) is 13.9. The molecule has 8 nitrogen and oxygen atoms in total. The molecule has 5 rings (SSSR count). The number of hydrogen-bond donors (Lipinski definition) is 1. The largest absolute Gasteiger partial charge is 0.332 e. The highest BCUT2D eigenvalue weighted by Gasteiger charge is 2.15. The van der Waals surface area contributed by atoms with Gasteiger partial charge in [-0.15, -0.1) is 0 Å². The van der Waals surface area contributed by atoms with Gasteiger partial charge in [0.1, 0.15) is 16.9 Å². The molecule has 0 amide bonds. The minimum Gasteiger partial charge on any atom is -0.303 e. The number of aromatic amines is 1. The monoisotopic (exact) mass is 353 g/mol. The van der Waals surface area contributed by atoms with E-state index in [0.717, 1.165) is 11.3 Å². The number of nitrogens with one attached hydrogen (secondary N) is 1. The van der Waals surface area contributed by atoms with E-state index in [1.165, 1.54) is 4.57 Å². The van der Waals surface area contributed by atoms with Crippen LogP contribution in [0.3, 0.4) is 0 Å². The molecule has 8 heteroatoms. The second-order valence-electron chi connectivity index (χ2n) is 5.93. The third kappa shape index (κ3) is 2.30. The van der Waals surface area contributed by atoms with E-state index >= 15 is 0 Å². The van der Waals surface area contributed by atoms with Crippen molar-refractivity contribution >= 4 is 16.8 Å². The molecule has 5 aromatic rings. The number of benzene rings is 1. The molecule has 4 heterocycles. The minimum atomic E-state index is -0.343. The molecular weight excluding hydrogens is 342 g/mol. The zero-order chi connectivity index (χ0) is 18.4. The Labute approximate surface area is 152 Å². The van der Waals surface area contributed by atoms with E-state index in [0.29, 0.717) is 28.2 Å². The number of nitrogens with zero attached hydrogens (tertiary/aromatic N) is 6. The highest BCUT2D eigenvalue weighted by atomic mass is 16.1. The lowest BCUT2D eigenvalue weighted by atomic mass is 10.2. The lowest BCUT2D eigenvalue weighted by Gasteiger charge is -2.04. The molecule has 0 atom stereocenters. The third-order valence-corrected chi connectivity index (χ3v) is 4.30. The van der Waals surface area contributed by atoms with Gasteiger partial charge in [0.15, 0.2) is 11.5 Å². The number of imidazole rings is 2. The number of H-pyrrole nitrogens is 1. The maximum Gasteiger partial charge on any atom is 0.332 e. The summed E-state index contributed by atoms with van der Waals surface area (Å²) in [6.07, 6.45) is 5.15. The number of aromatic nitrogens is 6. The molecular formula is C19H11N7O. The summed E-state index contributed by atoms with van der Waals surface area (Å²) < 4.78 is 3.32. The summed E-state index contributed by atoms with van der Waals surface area (Å²) in [7, 11) is 0. The predicted molar refractivity (Wildman–Crippen MR) is 98.4 cm³/mol. The third-order valence-electron chi connectivity index (χ3n) is 4.30. The Hall–Kier alpha value is -4.25. The summed E-state index contributed by atoms with van der Waals surface area (Å²) >= 11 is 0. The van der Waals surface area contributed by atoms with Crippen LogP contribution in [0, 0.1) is 11.3 Å². The molecule has 0 saturated heterocycles. The van der Waals surface area contributed by atoms with Gasteiger partial charge in [-0.3, -0.25) is 4.40 Å². The van der Waals surface area contributed by atoms with Crippen LogP contribution in [0.15, 0.2) is 65.8 Å². The normalized spacial score (nSPS) is 11.1. The van der Waals surface area contributed by atoms with Crippen LogP contribution in [-0.4, -0.2) is 28.9 Å². The molecule has 0 aliphatic carbocycles. The summed E-state index contributed by atoms with van der Waals surface area (Å²) in [6, 6.07) is 14.6. The van der Waals surface area contributed by atoms with Gasteiger partial charge in [-0.05, 0) is 30.3 Å². The molecule has 1 N–H and O–H groups in total. The fourth-order valence-corrected chi connectivity index (χ4v) is 3.07. The molecule has 0 fully saturated rings. The maximum absolute atomic E-state index is 12.5. The topological polar surface area (TPSA) is 105 Å². The van der Waals surface area contributed by atoms with E-state index in [9.17, 15) is 4.79 Å². The van der Waals surface area contributed by atoms with Crippen molar-refractivity contribution in [2.75, 3.05) is 0 Å². The highest BCUT2D eigenvalue weighted by Crippen LogP contribution is 2.20. The van der Waals surface area contributed by atoms with Crippen LogP contribution in [0.1, 0.15) is 5.56 Å². The van der Waals surface area contributed by atoms with Crippen LogP contribution >= 0.6 is 0 Å². The maximum atomic E-state index is 12.5.